The van der Waals surface area contributed by atoms with Crippen molar-refractivity contribution < 1.29 is 31.1 Å². The number of nitrogens with zero attached hydrogens (tertiary/aromatic N) is 2. The molecule has 1 saturated heterocycles. The Morgan fingerprint density at radius 3 is 2.39 bits per heavy atom. The van der Waals surface area contributed by atoms with Crippen molar-refractivity contribution in [2.45, 2.75) is 24.3 Å². The van der Waals surface area contributed by atoms with Crippen LogP contribution in [0.5, 0.6) is 5.75 Å². The topological polar surface area (TPSA) is 122 Å². The number of sulfonamides is 2. The molecular weight excluding hydrogens is 530 g/mol. The van der Waals surface area contributed by atoms with Gasteiger partial charge in [-0.3, -0.25) is 9.10 Å². The summed E-state index contributed by atoms with van der Waals surface area (Å²) in [7, 11) is -7.36. The zero-order valence-corrected chi connectivity index (χ0v) is 22.5. The van der Waals surface area contributed by atoms with Crippen molar-refractivity contribution in [1.82, 2.24) is 9.62 Å². The molecule has 0 saturated carbocycles. The average Bonchev–Trinajstić information content (AvgIpc) is 2.85. The van der Waals surface area contributed by atoms with Crippen LogP contribution < -0.4 is 14.4 Å². The molecule has 0 spiro atoms. The molecule has 2 aromatic rings. The molecule has 36 heavy (non-hydrogen) atoms. The van der Waals surface area contributed by atoms with Crippen molar-refractivity contribution in [2.24, 2.45) is 0 Å². The molecule has 0 aromatic heterocycles. The number of nitrogens with one attached hydrogen (secondary N) is 1. The zero-order valence-electron chi connectivity index (χ0n) is 20.1. The summed E-state index contributed by atoms with van der Waals surface area (Å²) in [4.78, 5) is 13.0. The van der Waals surface area contributed by atoms with E-state index in [2.05, 4.69) is 5.32 Å². The molecule has 1 N–H and O–H groups in total. The highest BCUT2D eigenvalue weighted by atomic mass is 35.5. The van der Waals surface area contributed by atoms with Gasteiger partial charge in [0.1, 0.15) is 18.4 Å². The van der Waals surface area contributed by atoms with E-state index in [1.165, 1.54) is 22.5 Å². The normalized spacial score (nSPS) is 15.8. The summed E-state index contributed by atoms with van der Waals surface area (Å²) in [6.07, 6.45) is 1.28. The molecule has 10 nitrogen and oxygen atoms in total. The highest BCUT2D eigenvalue weighted by molar-refractivity contribution is 7.92. The van der Waals surface area contributed by atoms with Gasteiger partial charge in [0.05, 0.1) is 36.6 Å². The minimum absolute atomic E-state index is 0.105. The van der Waals surface area contributed by atoms with E-state index in [0.717, 1.165) is 10.6 Å². The molecule has 1 aliphatic rings. The SMILES string of the molecule is CC[C@@H](C(=O)NCCOc1ccc(S(=O)(=O)N2CCOCC2)cc1)N(c1cccc(Cl)c1)S(C)(=O)=O. The number of benzene rings is 2. The van der Waals surface area contributed by atoms with Crippen LogP contribution in [0.2, 0.25) is 5.02 Å². The van der Waals surface area contributed by atoms with Gasteiger partial charge in [-0.1, -0.05) is 24.6 Å². The number of ether oxygens (including phenoxy) is 2. The predicted molar refractivity (Wildman–Crippen MR) is 137 cm³/mol. The van der Waals surface area contributed by atoms with Crippen molar-refractivity contribution in [2.75, 3.05) is 50.0 Å². The Kier molecular flexibility index (Phi) is 9.59. The average molecular weight is 560 g/mol. The second kappa shape index (κ2) is 12.2. The van der Waals surface area contributed by atoms with Gasteiger partial charge in [-0.05, 0) is 48.9 Å². The molecule has 2 aromatic carbocycles. The number of hydrogen-bond donors (Lipinski definition) is 1. The third kappa shape index (κ3) is 7.10. The Morgan fingerprint density at radius 2 is 1.81 bits per heavy atom. The van der Waals surface area contributed by atoms with E-state index in [1.54, 1.807) is 37.3 Å². The highest BCUT2D eigenvalue weighted by Gasteiger charge is 2.31. The molecule has 1 atom stereocenters. The van der Waals surface area contributed by atoms with Gasteiger partial charge in [-0.2, -0.15) is 4.31 Å². The first-order valence-electron chi connectivity index (χ1n) is 11.4. The molecule has 1 amide bonds. The molecule has 3 rings (SSSR count). The number of amides is 1. The highest BCUT2D eigenvalue weighted by Crippen LogP contribution is 2.25. The standard InChI is InChI=1S/C23H30ClN3O7S2/c1-3-22(27(35(2,29)30)19-6-4-5-18(24)17-19)23(28)25-11-14-34-20-7-9-21(10-8-20)36(31,32)26-12-15-33-16-13-26/h4-10,17,22H,3,11-16H2,1-2H3,(H,25,28)/t22-/m0/s1. The largest absolute Gasteiger partial charge is 0.492 e. The van der Waals surface area contributed by atoms with Gasteiger partial charge < -0.3 is 14.8 Å². The summed E-state index contributed by atoms with van der Waals surface area (Å²) in [6.45, 7) is 3.30. The second-order valence-corrected chi connectivity index (χ2v) is 12.3. The summed E-state index contributed by atoms with van der Waals surface area (Å²) in [6, 6.07) is 11.4. The van der Waals surface area contributed by atoms with E-state index in [0.29, 0.717) is 42.8 Å². The van der Waals surface area contributed by atoms with Crippen LogP contribution >= 0.6 is 11.6 Å². The number of anilines is 1. The number of halogens is 1. The van der Waals surface area contributed by atoms with E-state index in [-0.39, 0.29) is 24.5 Å². The minimum atomic E-state index is -3.77. The lowest BCUT2D eigenvalue weighted by molar-refractivity contribution is -0.122. The van der Waals surface area contributed by atoms with E-state index < -0.39 is 32.0 Å². The molecule has 0 aliphatic carbocycles. The maximum absolute atomic E-state index is 12.9. The predicted octanol–water partition coefficient (Wildman–Crippen LogP) is 2.10. The zero-order chi connectivity index (χ0) is 26.3. The van der Waals surface area contributed by atoms with Gasteiger partial charge in [0.2, 0.25) is 26.0 Å². The summed E-state index contributed by atoms with van der Waals surface area (Å²) >= 11 is 6.02. The first-order valence-corrected chi connectivity index (χ1v) is 15.0. The lowest BCUT2D eigenvalue weighted by atomic mass is 10.2. The van der Waals surface area contributed by atoms with Crippen LogP contribution in [0.3, 0.4) is 0 Å². The first-order chi connectivity index (χ1) is 17.0. The fraction of sp³-hybridized carbons (Fsp3) is 0.435. The minimum Gasteiger partial charge on any atom is -0.492 e. The van der Waals surface area contributed by atoms with E-state index in [1.807, 2.05) is 0 Å². The van der Waals surface area contributed by atoms with Gasteiger partial charge in [0.25, 0.3) is 0 Å². The molecule has 1 aliphatic heterocycles. The number of morpholine rings is 1. The Balaban J connectivity index is 1.57. The summed E-state index contributed by atoms with van der Waals surface area (Å²) in [5.41, 5.74) is 0.301. The Labute approximate surface area is 217 Å². The number of carbonyl (C=O) groups excluding carboxylic acids is 1. The van der Waals surface area contributed by atoms with Gasteiger partial charge in [-0.25, -0.2) is 16.8 Å². The van der Waals surface area contributed by atoms with Crippen molar-refractivity contribution in [1.29, 1.82) is 0 Å². The van der Waals surface area contributed by atoms with Crippen LogP contribution in [0.1, 0.15) is 13.3 Å². The summed E-state index contributed by atoms with van der Waals surface area (Å²) in [5.74, 6) is -0.0349. The van der Waals surface area contributed by atoms with E-state index in [4.69, 9.17) is 21.1 Å². The quantitative estimate of drug-likeness (QED) is 0.418. The van der Waals surface area contributed by atoms with Crippen molar-refractivity contribution in [3.05, 3.63) is 53.6 Å². The molecule has 13 heteroatoms. The number of hydrogen-bond acceptors (Lipinski definition) is 7. The van der Waals surface area contributed by atoms with Gasteiger partial charge in [0.15, 0.2) is 0 Å². The van der Waals surface area contributed by atoms with Crippen LogP contribution in [0.15, 0.2) is 53.4 Å². The Bertz CT molecular complexity index is 1250. The van der Waals surface area contributed by atoms with Crippen LogP contribution in [-0.4, -0.2) is 78.8 Å². The lowest BCUT2D eigenvalue weighted by Crippen LogP contribution is -2.50. The number of carbonyl (C=O) groups is 1. The van der Waals surface area contributed by atoms with Gasteiger partial charge in [0, 0.05) is 18.1 Å². The van der Waals surface area contributed by atoms with Crippen molar-refractivity contribution in [3.8, 4) is 5.75 Å². The Hall–Kier alpha value is -2.38. The van der Waals surface area contributed by atoms with Crippen molar-refractivity contribution in [3.63, 3.8) is 0 Å². The Morgan fingerprint density at radius 1 is 1.14 bits per heavy atom. The molecular formula is C23H30ClN3O7S2. The fourth-order valence-corrected chi connectivity index (χ4v) is 6.57. The molecule has 1 heterocycles. The van der Waals surface area contributed by atoms with Gasteiger partial charge >= 0.3 is 0 Å². The van der Waals surface area contributed by atoms with Gasteiger partial charge in [-0.15, -0.1) is 0 Å². The smallest absolute Gasteiger partial charge is 0.244 e. The maximum Gasteiger partial charge on any atom is 0.244 e. The fourth-order valence-electron chi connectivity index (χ4n) is 3.78. The lowest BCUT2D eigenvalue weighted by Gasteiger charge is -2.30. The van der Waals surface area contributed by atoms with Crippen molar-refractivity contribution >= 4 is 43.2 Å². The van der Waals surface area contributed by atoms with Crippen LogP contribution in [0.4, 0.5) is 5.69 Å². The monoisotopic (exact) mass is 559 g/mol. The van der Waals surface area contributed by atoms with E-state index in [9.17, 15) is 21.6 Å². The molecule has 0 unspecified atom stereocenters. The first kappa shape index (κ1) is 28.2. The third-order valence-electron chi connectivity index (χ3n) is 5.49. The van der Waals surface area contributed by atoms with Crippen LogP contribution in [0, 0.1) is 0 Å². The molecule has 0 bridgehead atoms. The van der Waals surface area contributed by atoms with Crippen LogP contribution in [0.25, 0.3) is 0 Å². The summed E-state index contributed by atoms with van der Waals surface area (Å²) in [5, 5.41) is 3.06. The maximum atomic E-state index is 12.9. The summed E-state index contributed by atoms with van der Waals surface area (Å²) < 4.78 is 63.6. The molecule has 198 valence electrons. The van der Waals surface area contributed by atoms with E-state index >= 15 is 0 Å². The van der Waals surface area contributed by atoms with Crippen LogP contribution in [-0.2, 0) is 29.6 Å². The molecule has 1 fully saturated rings. The number of rotatable bonds is 11. The third-order valence-corrected chi connectivity index (χ3v) is 8.82. The molecule has 0 radical (unpaired) electrons. The second-order valence-electron chi connectivity index (χ2n) is 8.09.